The monoisotopic (exact) mass is 149 g/mol. The van der Waals surface area contributed by atoms with Crippen LogP contribution in [-0.2, 0) is 0 Å². The van der Waals surface area contributed by atoms with Crippen molar-refractivity contribution in [2.24, 2.45) is 0 Å². The molecule has 1 heterocycles. The summed E-state index contributed by atoms with van der Waals surface area (Å²) in [6.45, 7) is 9.29. The number of rotatable bonds is 2. The van der Waals surface area contributed by atoms with Crippen LogP contribution >= 0.6 is 0 Å². The van der Waals surface area contributed by atoms with E-state index >= 15 is 0 Å². The average Bonchev–Trinajstić information content (AvgIpc) is 1.95. The van der Waals surface area contributed by atoms with Gasteiger partial charge in [0.25, 0.3) is 0 Å². The van der Waals surface area contributed by atoms with Crippen molar-refractivity contribution in [2.75, 3.05) is 6.54 Å². The third-order valence-electron chi connectivity index (χ3n) is 1.75. The molecule has 0 aromatic heterocycles. The molecule has 0 unspecified atom stereocenters. The molecule has 1 rings (SSSR count). The fraction of sp³-hybridized carbons (Fsp3) is 0.400. The molecule has 0 radical (unpaired) electrons. The van der Waals surface area contributed by atoms with Crippen LogP contribution in [0.15, 0.2) is 36.2 Å². The Labute approximate surface area is 68.7 Å². The lowest BCUT2D eigenvalue weighted by atomic mass is 10.2. The van der Waals surface area contributed by atoms with Gasteiger partial charge < -0.3 is 4.90 Å². The topological polar surface area (TPSA) is 3.24 Å². The maximum absolute atomic E-state index is 3.96. The van der Waals surface area contributed by atoms with E-state index in [1.165, 1.54) is 5.57 Å². The zero-order valence-electron chi connectivity index (χ0n) is 7.30. The molecule has 0 saturated heterocycles. The summed E-state index contributed by atoms with van der Waals surface area (Å²) < 4.78 is 0. The van der Waals surface area contributed by atoms with Crippen LogP contribution in [0.1, 0.15) is 20.3 Å². The van der Waals surface area contributed by atoms with Crippen molar-refractivity contribution in [2.45, 2.75) is 20.3 Å². The Morgan fingerprint density at radius 3 is 2.82 bits per heavy atom. The molecule has 0 bridgehead atoms. The molecule has 1 aliphatic heterocycles. The van der Waals surface area contributed by atoms with Crippen molar-refractivity contribution in [3.63, 3.8) is 0 Å². The number of hydrogen-bond donors (Lipinski definition) is 0. The van der Waals surface area contributed by atoms with E-state index in [9.17, 15) is 0 Å². The van der Waals surface area contributed by atoms with Crippen molar-refractivity contribution in [3.8, 4) is 0 Å². The lowest BCUT2D eigenvalue weighted by molar-refractivity contribution is 0.472. The Hall–Kier alpha value is -0.980. The molecule has 0 aliphatic carbocycles. The minimum Gasteiger partial charge on any atom is -0.348 e. The maximum atomic E-state index is 3.96. The van der Waals surface area contributed by atoms with Gasteiger partial charge in [0.15, 0.2) is 0 Å². The molecule has 1 heteroatoms. The summed E-state index contributed by atoms with van der Waals surface area (Å²) in [7, 11) is 0. The first-order valence-electron chi connectivity index (χ1n) is 4.06. The minimum absolute atomic E-state index is 1.07. The van der Waals surface area contributed by atoms with E-state index in [0.29, 0.717) is 0 Å². The van der Waals surface area contributed by atoms with Crippen LogP contribution in [0.5, 0.6) is 0 Å². The molecule has 1 nitrogen and oxygen atoms in total. The highest BCUT2D eigenvalue weighted by Crippen LogP contribution is 2.14. The normalized spacial score (nSPS) is 17.1. The summed E-state index contributed by atoms with van der Waals surface area (Å²) in [5, 5.41) is 0. The Bertz CT molecular complexity index is 211. The summed E-state index contributed by atoms with van der Waals surface area (Å²) in [6.07, 6.45) is 7.48. The summed E-state index contributed by atoms with van der Waals surface area (Å²) >= 11 is 0. The van der Waals surface area contributed by atoms with Crippen LogP contribution in [0.3, 0.4) is 0 Å². The van der Waals surface area contributed by atoms with Gasteiger partial charge in [-0.25, -0.2) is 0 Å². The third kappa shape index (κ3) is 1.97. The van der Waals surface area contributed by atoms with Crippen molar-refractivity contribution in [1.29, 1.82) is 0 Å². The first kappa shape index (κ1) is 8.12. The van der Waals surface area contributed by atoms with Crippen molar-refractivity contribution in [3.05, 3.63) is 36.2 Å². The van der Waals surface area contributed by atoms with Gasteiger partial charge in [0.2, 0.25) is 0 Å². The fourth-order valence-electron chi connectivity index (χ4n) is 1.16. The van der Waals surface area contributed by atoms with Crippen LogP contribution < -0.4 is 0 Å². The van der Waals surface area contributed by atoms with Crippen LogP contribution in [0.2, 0.25) is 0 Å². The molecular weight excluding hydrogens is 134 g/mol. The smallest absolute Gasteiger partial charge is 0.0335 e. The van der Waals surface area contributed by atoms with E-state index in [0.717, 1.165) is 18.7 Å². The van der Waals surface area contributed by atoms with Gasteiger partial charge in [0.1, 0.15) is 0 Å². The molecule has 0 N–H and O–H groups in total. The second-order valence-corrected chi connectivity index (χ2v) is 2.89. The second kappa shape index (κ2) is 3.42. The number of allylic oxidation sites excluding steroid dienone is 3. The first-order chi connectivity index (χ1) is 5.24. The summed E-state index contributed by atoms with van der Waals surface area (Å²) in [6, 6.07) is 0. The highest BCUT2D eigenvalue weighted by molar-refractivity contribution is 5.31. The van der Waals surface area contributed by atoms with Gasteiger partial charge in [-0.2, -0.15) is 0 Å². The molecule has 0 aromatic rings. The molecule has 1 aliphatic rings. The third-order valence-corrected chi connectivity index (χ3v) is 1.75. The van der Waals surface area contributed by atoms with Crippen LogP contribution in [-0.4, -0.2) is 11.4 Å². The number of hydrogen-bond acceptors (Lipinski definition) is 1. The number of nitrogens with zero attached hydrogens (tertiary/aromatic N) is 1. The lowest BCUT2D eigenvalue weighted by Crippen LogP contribution is -2.17. The van der Waals surface area contributed by atoms with Crippen molar-refractivity contribution in [1.82, 2.24) is 4.90 Å². The Morgan fingerprint density at radius 2 is 2.27 bits per heavy atom. The van der Waals surface area contributed by atoms with Gasteiger partial charge >= 0.3 is 0 Å². The highest BCUT2D eigenvalue weighted by atomic mass is 15.1. The summed E-state index contributed by atoms with van der Waals surface area (Å²) in [5.74, 6) is 0. The van der Waals surface area contributed by atoms with Gasteiger partial charge in [-0.3, -0.25) is 0 Å². The van der Waals surface area contributed by atoms with E-state index in [-0.39, 0.29) is 0 Å². The lowest BCUT2D eigenvalue weighted by Gasteiger charge is -2.23. The van der Waals surface area contributed by atoms with Crippen molar-refractivity contribution >= 4 is 0 Å². The van der Waals surface area contributed by atoms with E-state index in [4.69, 9.17) is 0 Å². The molecule has 11 heavy (non-hydrogen) atoms. The van der Waals surface area contributed by atoms with Crippen LogP contribution in [0.25, 0.3) is 0 Å². The van der Waals surface area contributed by atoms with E-state index < -0.39 is 0 Å². The largest absolute Gasteiger partial charge is 0.348 e. The second-order valence-electron chi connectivity index (χ2n) is 2.89. The first-order valence-corrected chi connectivity index (χ1v) is 4.06. The maximum Gasteiger partial charge on any atom is 0.0335 e. The molecule has 0 aromatic carbocycles. The van der Waals surface area contributed by atoms with Crippen molar-refractivity contribution < 1.29 is 0 Å². The Balaban J connectivity index is 2.62. The zero-order chi connectivity index (χ0) is 8.27. The predicted molar refractivity (Wildman–Crippen MR) is 49.0 cm³/mol. The standard InChI is InChI=1S/C10H15N/c1-4-6-11-7-5-9(2)8-10(11)3/h5,7-8H,3-4,6H2,1-2H3. The zero-order valence-corrected chi connectivity index (χ0v) is 7.30. The minimum atomic E-state index is 1.07. The molecular formula is C10H15N. The van der Waals surface area contributed by atoms with E-state index in [2.05, 4.69) is 43.7 Å². The van der Waals surface area contributed by atoms with Gasteiger partial charge in [-0.1, -0.05) is 13.5 Å². The van der Waals surface area contributed by atoms with Gasteiger partial charge in [-0.15, -0.1) is 0 Å². The molecule has 0 atom stereocenters. The van der Waals surface area contributed by atoms with E-state index in [1.54, 1.807) is 0 Å². The molecule has 0 fully saturated rings. The molecule has 0 amide bonds. The SMILES string of the molecule is C=C1C=C(C)C=CN1CCC. The summed E-state index contributed by atoms with van der Waals surface area (Å²) in [5.41, 5.74) is 2.38. The van der Waals surface area contributed by atoms with Gasteiger partial charge in [-0.05, 0) is 31.1 Å². The van der Waals surface area contributed by atoms with Crippen LogP contribution in [0, 0.1) is 0 Å². The van der Waals surface area contributed by atoms with Crippen LogP contribution in [0.4, 0.5) is 0 Å². The quantitative estimate of drug-likeness (QED) is 0.583. The molecule has 0 saturated carbocycles. The average molecular weight is 149 g/mol. The Morgan fingerprint density at radius 1 is 1.55 bits per heavy atom. The van der Waals surface area contributed by atoms with Gasteiger partial charge in [0.05, 0.1) is 0 Å². The highest BCUT2D eigenvalue weighted by Gasteiger charge is 2.03. The van der Waals surface area contributed by atoms with E-state index in [1.807, 2.05) is 0 Å². The fourth-order valence-corrected chi connectivity index (χ4v) is 1.16. The molecule has 60 valence electrons. The Kier molecular flexibility index (Phi) is 2.53. The van der Waals surface area contributed by atoms with Gasteiger partial charge in [0, 0.05) is 18.4 Å². The predicted octanol–water partition coefficient (Wildman–Crippen LogP) is 2.69. The summed E-state index contributed by atoms with van der Waals surface area (Å²) in [4.78, 5) is 2.17. The molecule has 0 spiro atoms.